The first-order valence-electron chi connectivity index (χ1n) is 5.58. The molecule has 0 fully saturated rings. The third-order valence-electron chi connectivity index (χ3n) is 2.72. The molecule has 0 heterocycles. The largest absolute Gasteiger partial charge is 0.495 e. The third-order valence-corrected chi connectivity index (χ3v) is 4.21. The summed E-state index contributed by atoms with van der Waals surface area (Å²) in [5.74, 6) is -1.68. The van der Waals surface area contributed by atoms with Crippen LogP contribution in [0.5, 0.6) is 5.75 Å². The lowest BCUT2D eigenvalue weighted by Crippen LogP contribution is -2.32. The van der Waals surface area contributed by atoms with E-state index in [0.29, 0.717) is 0 Å². The number of nitrogens with one attached hydrogen (secondary N) is 1. The van der Waals surface area contributed by atoms with Crippen molar-refractivity contribution in [3.05, 3.63) is 23.8 Å². The molecule has 1 aromatic rings. The van der Waals surface area contributed by atoms with Gasteiger partial charge < -0.3 is 15.2 Å². The molecule has 0 aliphatic rings. The lowest BCUT2D eigenvalue weighted by atomic mass is 10.2. The average molecular weight is 301 g/mol. The highest BCUT2D eigenvalue weighted by Gasteiger charge is 2.24. The summed E-state index contributed by atoms with van der Waals surface area (Å²) in [4.78, 5) is 22.7. The van der Waals surface area contributed by atoms with Gasteiger partial charge in [0, 0.05) is 6.26 Å². The number of aromatic carboxylic acids is 1. The van der Waals surface area contributed by atoms with Gasteiger partial charge in [-0.1, -0.05) is 0 Å². The van der Waals surface area contributed by atoms with Gasteiger partial charge in [0.15, 0.2) is 9.84 Å². The van der Waals surface area contributed by atoms with E-state index >= 15 is 0 Å². The molecule has 1 rings (SSSR count). The van der Waals surface area contributed by atoms with Crippen molar-refractivity contribution < 1.29 is 27.9 Å². The van der Waals surface area contributed by atoms with Crippen molar-refractivity contribution in [3.63, 3.8) is 0 Å². The molecule has 0 aliphatic carbocycles. The average Bonchev–Trinajstić information content (AvgIpc) is 2.36. The fourth-order valence-electron chi connectivity index (χ4n) is 1.37. The second-order valence-corrected chi connectivity index (χ2v) is 6.55. The molecule has 0 aromatic heterocycles. The SMILES string of the molecule is COc1ccc(C(=O)O)cc1NC(=O)C(C)S(C)(=O)=O. The molecule has 0 saturated carbocycles. The van der Waals surface area contributed by atoms with Gasteiger partial charge in [-0.3, -0.25) is 4.79 Å². The molecule has 1 aromatic carbocycles. The van der Waals surface area contributed by atoms with E-state index in [1.807, 2.05) is 0 Å². The molecular formula is C12H15NO6S. The molecule has 1 amide bonds. The van der Waals surface area contributed by atoms with Gasteiger partial charge in [-0.2, -0.15) is 0 Å². The number of ether oxygens (including phenoxy) is 1. The van der Waals surface area contributed by atoms with Crippen LogP contribution in [0.1, 0.15) is 17.3 Å². The molecule has 0 aliphatic heterocycles. The standard InChI is InChI=1S/C12H15NO6S/c1-7(20(3,17)18)11(14)13-9-6-8(12(15)16)4-5-10(9)19-2/h4-7H,1-3H3,(H,13,14)(H,15,16). The van der Waals surface area contributed by atoms with Crippen LogP contribution in [0.4, 0.5) is 5.69 Å². The van der Waals surface area contributed by atoms with E-state index in [0.717, 1.165) is 6.26 Å². The highest BCUT2D eigenvalue weighted by molar-refractivity contribution is 7.92. The Balaban J connectivity index is 3.10. The van der Waals surface area contributed by atoms with Gasteiger partial charge in [0.1, 0.15) is 11.0 Å². The summed E-state index contributed by atoms with van der Waals surface area (Å²) in [5, 5.41) is 10.0. The van der Waals surface area contributed by atoms with Gasteiger partial charge in [-0.05, 0) is 25.1 Å². The Morgan fingerprint density at radius 3 is 2.40 bits per heavy atom. The number of carboxylic acids is 1. The van der Waals surface area contributed by atoms with Crippen molar-refractivity contribution in [1.82, 2.24) is 0 Å². The van der Waals surface area contributed by atoms with Crippen LogP contribution in [0.3, 0.4) is 0 Å². The molecule has 1 unspecified atom stereocenters. The molecule has 2 N–H and O–H groups in total. The van der Waals surface area contributed by atoms with Crippen LogP contribution in [0.2, 0.25) is 0 Å². The molecular weight excluding hydrogens is 286 g/mol. The van der Waals surface area contributed by atoms with Crippen molar-refractivity contribution in [2.75, 3.05) is 18.7 Å². The molecule has 1 atom stereocenters. The fourth-order valence-corrected chi connectivity index (χ4v) is 1.82. The first kappa shape index (κ1) is 16.0. The number of hydrogen-bond donors (Lipinski definition) is 2. The Hall–Kier alpha value is -2.09. The third kappa shape index (κ3) is 3.70. The maximum Gasteiger partial charge on any atom is 0.335 e. The summed E-state index contributed by atoms with van der Waals surface area (Å²) in [6, 6.07) is 3.90. The Labute approximate surface area is 116 Å². The fraction of sp³-hybridized carbons (Fsp3) is 0.333. The van der Waals surface area contributed by atoms with E-state index < -0.39 is 27.0 Å². The van der Waals surface area contributed by atoms with Crippen LogP contribution in [0.15, 0.2) is 18.2 Å². The van der Waals surface area contributed by atoms with E-state index in [4.69, 9.17) is 9.84 Å². The second-order valence-electron chi connectivity index (χ2n) is 4.18. The first-order chi connectivity index (χ1) is 9.16. The van der Waals surface area contributed by atoms with Crippen LogP contribution < -0.4 is 10.1 Å². The summed E-state index contributed by atoms with van der Waals surface area (Å²) < 4.78 is 27.6. The van der Waals surface area contributed by atoms with Gasteiger partial charge in [0.25, 0.3) is 0 Å². The van der Waals surface area contributed by atoms with Gasteiger partial charge >= 0.3 is 5.97 Å². The number of hydrogen-bond acceptors (Lipinski definition) is 5. The summed E-state index contributed by atoms with van der Waals surface area (Å²) in [6.45, 7) is 1.25. The van der Waals surface area contributed by atoms with Crippen LogP contribution in [0, 0.1) is 0 Å². The molecule has 0 spiro atoms. The summed E-state index contributed by atoms with van der Waals surface area (Å²) in [6.07, 6.45) is 0.947. The molecule has 0 bridgehead atoms. The number of anilines is 1. The zero-order valence-electron chi connectivity index (χ0n) is 11.2. The Morgan fingerprint density at radius 2 is 1.95 bits per heavy atom. The lowest BCUT2D eigenvalue weighted by Gasteiger charge is -2.13. The number of benzene rings is 1. The topological polar surface area (TPSA) is 110 Å². The maximum absolute atomic E-state index is 11.8. The smallest absolute Gasteiger partial charge is 0.335 e. The molecule has 8 heteroatoms. The molecule has 7 nitrogen and oxygen atoms in total. The highest BCUT2D eigenvalue weighted by atomic mass is 32.2. The predicted molar refractivity (Wildman–Crippen MR) is 72.9 cm³/mol. The Morgan fingerprint density at radius 1 is 1.35 bits per heavy atom. The zero-order chi connectivity index (χ0) is 15.5. The Kier molecular flexibility index (Phi) is 4.72. The molecule has 110 valence electrons. The van der Waals surface area contributed by atoms with Crippen molar-refractivity contribution in [2.24, 2.45) is 0 Å². The van der Waals surface area contributed by atoms with Gasteiger partial charge in [0.2, 0.25) is 5.91 Å². The predicted octanol–water partition coefficient (Wildman–Crippen LogP) is 0.765. The summed E-state index contributed by atoms with van der Waals surface area (Å²) >= 11 is 0. The van der Waals surface area contributed by atoms with Crippen molar-refractivity contribution in [3.8, 4) is 5.75 Å². The van der Waals surface area contributed by atoms with Crippen molar-refractivity contribution >= 4 is 27.4 Å². The lowest BCUT2D eigenvalue weighted by molar-refractivity contribution is -0.115. The second kappa shape index (κ2) is 5.91. The zero-order valence-corrected chi connectivity index (χ0v) is 12.0. The number of sulfone groups is 1. The van der Waals surface area contributed by atoms with Crippen LogP contribution in [0.25, 0.3) is 0 Å². The van der Waals surface area contributed by atoms with Gasteiger partial charge in [-0.25, -0.2) is 13.2 Å². The van der Waals surface area contributed by atoms with E-state index in [2.05, 4.69) is 5.32 Å². The maximum atomic E-state index is 11.8. The number of methoxy groups -OCH3 is 1. The van der Waals surface area contributed by atoms with Crippen LogP contribution in [-0.4, -0.2) is 44.0 Å². The van der Waals surface area contributed by atoms with Crippen LogP contribution >= 0.6 is 0 Å². The van der Waals surface area contributed by atoms with Gasteiger partial charge in [0.05, 0.1) is 18.4 Å². The molecule has 0 saturated heterocycles. The molecule has 20 heavy (non-hydrogen) atoms. The minimum atomic E-state index is -3.54. The minimum Gasteiger partial charge on any atom is -0.495 e. The Bertz CT molecular complexity index is 637. The van der Waals surface area contributed by atoms with Gasteiger partial charge in [-0.15, -0.1) is 0 Å². The van der Waals surface area contributed by atoms with E-state index in [1.165, 1.54) is 32.2 Å². The number of rotatable bonds is 5. The number of carbonyl (C=O) groups is 2. The number of carboxylic acid groups (broad SMARTS) is 1. The monoisotopic (exact) mass is 301 g/mol. The number of carbonyl (C=O) groups excluding carboxylic acids is 1. The summed E-state index contributed by atoms with van der Waals surface area (Å²) in [5.41, 5.74) is 0.0565. The van der Waals surface area contributed by atoms with Crippen LogP contribution in [-0.2, 0) is 14.6 Å². The van der Waals surface area contributed by atoms with E-state index in [9.17, 15) is 18.0 Å². The van der Waals surface area contributed by atoms with E-state index in [1.54, 1.807) is 0 Å². The normalized spacial score (nSPS) is 12.6. The van der Waals surface area contributed by atoms with Crippen molar-refractivity contribution in [2.45, 2.75) is 12.2 Å². The van der Waals surface area contributed by atoms with E-state index in [-0.39, 0.29) is 17.0 Å². The first-order valence-corrected chi connectivity index (χ1v) is 7.53. The van der Waals surface area contributed by atoms with Crippen molar-refractivity contribution in [1.29, 1.82) is 0 Å². The summed E-state index contributed by atoms with van der Waals surface area (Å²) in [7, 11) is -2.18. The highest BCUT2D eigenvalue weighted by Crippen LogP contribution is 2.26. The number of amides is 1. The minimum absolute atomic E-state index is 0.0480. The molecule has 0 radical (unpaired) electrons. The quantitative estimate of drug-likeness (QED) is 0.831.